The lowest BCUT2D eigenvalue weighted by molar-refractivity contribution is 0.408. The molecule has 0 radical (unpaired) electrons. The smallest absolute Gasteiger partial charge is 0.0407 e. The summed E-state index contributed by atoms with van der Waals surface area (Å²) in [5.41, 5.74) is 9.37. The third kappa shape index (κ3) is 10.5. The lowest BCUT2D eigenvalue weighted by Crippen LogP contribution is -2.36. The molecule has 1 rings (SSSR count). The normalized spacial score (nSPS) is 11.4. The number of halogens is 1. The van der Waals surface area contributed by atoms with E-state index < -0.39 is 0 Å². The molecule has 2 N–H and O–H groups in total. The Bertz CT molecular complexity index is 453. The van der Waals surface area contributed by atoms with Gasteiger partial charge < -0.3 is 5.73 Å². The van der Waals surface area contributed by atoms with Crippen molar-refractivity contribution >= 4 is 12.4 Å². The van der Waals surface area contributed by atoms with Gasteiger partial charge in [0.25, 0.3) is 0 Å². The summed E-state index contributed by atoms with van der Waals surface area (Å²) in [5.74, 6) is 0. The molecule has 2 heteroatoms. The summed E-state index contributed by atoms with van der Waals surface area (Å²) >= 11 is 0. The van der Waals surface area contributed by atoms with Crippen LogP contribution < -0.4 is 5.73 Å². The standard InChI is InChI=1S/C25H45N.ClH/c1-4-7-8-9-10-11-12-13-14-15-16-17-20-23-21-18-19-22-24(23)25(26,5-2)6-3;/h18-19,21-22H,4-17,20,26H2,1-3H3;1H. The Morgan fingerprint density at radius 1 is 0.667 bits per heavy atom. The molecule has 0 saturated carbocycles. The Balaban J connectivity index is 0.00000676. The highest BCUT2D eigenvalue weighted by Gasteiger charge is 2.24. The molecule has 0 aliphatic rings. The molecule has 27 heavy (non-hydrogen) atoms. The van der Waals surface area contributed by atoms with Crippen LogP contribution >= 0.6 is 12.4 Å². The average Bonchev–Trinajstić information content (AvgIpc) is 2.68. The van der Waals surface area contributed by atoms with Crippen molar-refractivity contribution in [2.45, 2.75) is 123 Å². The first-order valence-corrected chi connectivity index (χ1v) is 11.5. The van der Waals surface area contributed by atoms with Gasteiger partial charge in [0.2, 0.25) is 0 Å². The SMILES string of the molecule is CCCCCCCCCCCCCCc1ccccc1C(N)(CC)CC.Cl. The van der Waals surface area contributed by atoms with Gasteiger partial charge in [-0.05, 0) is 36.8 Å². The summed E-state index contributed by atoms with van der Waals surface area (Å²) in [6.45, 7) is 6.72. The summed E-state index contributed by atoms with van der Waals surface area (Å²) < 4.78 is 0. The molecule has 0 heterocycles. The van der Waals surface area contributed by atoms with Gasteiger partial charge >= 0.3 is 0 Å². The molecule has 0 aromatic heterocycles. The van der Waals surface area contributed by atoms with Gasteiger partial charge in [-0.3, -0.25) is 0 Å². The maximum absolute atomic E-state index is 6.66. The number of benzene rings is 1. The van der Waals surface area contributed by atoms with Crippen molar-refractivity contribution in [3.05, 3.63) is 35.4 Å². The van der Waals surface area contributed by atoms with Crippen LogP contribution in [0.1, 0.15) is 122 Å². The van der Waals surface area contributed by atoms with E-state index in [-0.39, 0.29) is 17.9 Å². The van der Waals surface area contributed by atoms with E-state index in [1.54, 1.807) is 0 Å². The van der Waals surface area contributed by atoms with E-state index >= 15 is 0 Å². The van der Waals surface area contributed by atoms with Crippen molar-refractivity contribution in [3.63, 3.8) is 0 Å². The second-order valence-corrected chi connectivity index (χ2v) is 8.16. The van der Waals surface area contributed by atoms with Crippen molar-refractivity contribution in [1.82, 2.24) is 0 Å². The largest absolute Gasteiger partial charge is 0.321 e. The van der Waals surface area contributed by atoms with Crippen LogP contribution in [0.3, 0.4) is 0 Å². The highest BCUT2D eigenvalue weighted by molar-refractivity contribution is 5.85. The molecule has 0 unspecified atom stereocenters. The molecule has 0 spiro atoms. The molecule has 0 fully saturated rings. The second kappa shape index (κ2) is 16.4. The molecule has 0 aliphatic carbocycles. The topological polar surface area (TPSA) is 26.0 Å². The van der Waals surface area contributed by atoms with Crippen molar-refractivity contribution < 1.29 is 0 Å². The van der Waals surface area contributed by atoms with E-state index in [9.17, 15) is 0 Å². The summed E-state index contributed by atoms with van der Waals surface area (Å²) in [5, 5.41) is 0. The zero-order valence-corrected chi connectivity index (χ0v) is 19.2. The summed E-state index contributed by atoms with van der Waals surface area (Å²) in [7, 11) is 0. The number of aryl methyl sites for hydroxylation is 1. The predicted octanol–water partition coefficient (Wildman–Crippen LogP) is 8.33. The summed E-state index contributed by atoms with van der Waals surface area (Å²) in [6, 6.07) is 8.86. The molecule has 0 bridgehead atoms. The fourth-order valence-electron chi connectivity index (χ4n) is 4.01. The molecule has 1 aromatic rings. The minimum Gasteiger partial charge on any atom is -0.321 e. The molecule has 1 aromatic carbocycles. The van der Waals surface area contributed by atoms with Crippen molar-refractivity contribution in [2.75, 3.05) is 0 Å². The van der Waals surface area contributed by atoms with Gasteiger partial charge in [0, 0.05) is 5.54 Å². The van der Waals surface area contributed by atoms with Gasteiger partial charge in [-0.15, -0.1) is 12.4 Å². The minimum absolute atomic E-state index is 0. The van der Waals surface area contributed by atoms with Gasteiger partial charge in [0.15, 0.2) is 0 Å². The Labute approximate surface area is 176 Å². The Hall–Kier alpha value is -0.530. The monoisotopic (exact) mass is 395 g/mol. The van der Waals surface area contributed by atoms with Gasteiger partial charge in [0.1, 0.15) is 0 Å². The van der Waals surface area contributed by atoms with Crippen LogP contribution in [0.15, 0.2) is 24.3 Å². The summed E-state index contributed by atoms with van der Waals surface area (Å²) in [4.78, 5) is 0. The van der Waals surface area contributed by atoms with Gasteiger partial charge in [0.05, 0.1) is 0 Å². The van der Waals surface area contributed by atoms with E-state index in [2.05, 4.69) is 45.0 Å². The molecule has 1 nitrogen and oxygen atoms in total. The van der Waals surface area contributed by atoms with E-state index in [4.69, 9.17) is 5.73 Å². The molecular weight excluding hydrogens is 350 g/mol. The van der Waals surface area contributed by atoms with Crippen LogP contribution in [-0.4, -0.2) is 0 Å². The molecular formula is C25H46ClN. The number of rotatable bonds is 16. The molecule has 0 atom stereocenters. The Morgan fingerprint density at radius 2 is 1.11 bits per heavy atom. The highest BCUT2D eigenvalue weighted by Crippen LogP contribution is 2.29. The maximum Gasteiger partial charge on any atom is 0.0407 e. The third-order valence-corrected chi connectivity index (χ3v) is 6.12. The first kappa shape index (κ1) is 26.5. The highest BCUT2D eigenvalue weighted by atomic mass is 35.5. The predicted molar refractivity (Wildman–Crippen MR) is 125 cm³/mol. The molecule has 0 amide bonds. The second-order valence-electron chi connectivity index (χ2n) is 8.16. The quantitative estimate of drug-likeness (QED) is 0.279. The zero-order valence-electron chi connectivity index (χ0n) is 18.4. The van der Waals surface area contributed by atoms with Crippen LogP contribution in [0.2, 0.25) is 0 Å². The van der Waals surface area contributed by atoms with Crippen LogP contribution in [0.4, 0.5) is 0 Å². The Kier molecular flexibility index (Phi) is 16.1. The van der Waals surface area contributed by atoms with Gasteiger partial charge in [-0.1, -0.05) is 116 Å². The first-order chi connectivity index (χ1) is 12.7. The van der Waals surface area contributed by atoms with E-state index in [0.717, 1.165) is 12.8 Å². The number of hydrogen-bond acceptors (Lipinski definition) is 1. The van der Waals surface area contributed by atoms with Crippen LogP contribution in [0.25, 0.3) is 0 Å². The Morgan fingerprint density at radius 3 is 1.59 bits per heavy atom. The third-order valence-electron chi connectivity index (χ3n) is 6.12. The number of nitrogens with two attached hydrogens (primary N) is 1. The lowest BCUT2D eigenvalue weighted by atomic mass is 9.82. The van der Waals surface area contributed by atoms with Gasteiger partial charge in [-0.25, -0.2) is 0 Å². The number of hydrogen-bond donors (Lipinski definition) is 1. The summed E-state index contributed by atoms with van der Waals surface area (Å²) in [6.07, 6.45) is 20.1. The lowest BCUT2D eigenvalue weighted by Gasteiger charge is -2.29. The van der Waals surface area contributed by atoms with E-state index in [1.165, 1.54) is 94.6 Å². The number of unbranched alkanes of at least 4 members (excludes halogenated alkanes) is 11. The molecule has 0 saturated heterocycles. The van der Waals surface area contributed by atoms with Gasteiger partial charge in [-0.2, -0.15) is 0 Å². The molecule has 0 aliphatic heterocycles. The molecule has 158 valence electrons. The van der Waals surface area contributed by atoms with Crippen LogP contribution in [0.5, 0.6) is 0 Å². The van der Waals surface area contributed by atoms with E-state index in [0.29, 0.717) is 0 Å². The van der Waals surface area contributed by atoms with E-state index in [1.807, 2.05) is 0 Å². The fraction of sp³-hybridized carbons (Fsp3) is 0.760. The average molecular weight is 396 g/mol. The fourth-order valence-corrected chi connectivity index (χ4v) is 4.01. The zero-order chi connectivity index (χ0) is 19.1. The minimum atomic E-state index is -0.145. The van der Waals surface area contributed by atoms with Crippen molar-refractivity contribution in [2.24, 2.45) is 5.73 Å². The van der Waals surface area contributed by atoms with Crippen LogP contribution in [-0.2, 0) is 12.0 Å². The first-order valence-electron chi connectivity index (χ1n) is 11.5. The van der Waals surface area contributed by atoms with Crippen molar-refractivity contribution in [3.8, 4) is 0 Å². The van der Waals surface area contributed by atoms with Crippen LogP contribution in [0, 0.1) is 0 Å². The van der Waals surface area contributed by atoms with Crippen molar-refractivity contribution in [1.29, 1.82) is 0 Å². The maximum atomic E-state index is 6.66.